The van der Waals surface area contributed by atoms with E-state index in [1.807, 2.05) is 30.3 Å². The molecule has 2 aromatic carbocycles. The van der Waals surface area contributed by atoms with Crippen LogP contribution in [-0.4, -0.2) is 36.5 Å². The van der Waals surface area contributed by atoms with Crippen molar-refractivity contribution in [2.45, 2.75) is 38.1 Å². The van der Waals surface area contributed by atoms with Gasteiger partial charge in [-0.05, 0) is 68.3 Å². The molecule has 1 heterocycles. The van der Waals surface area contributed by atoms with Crippen molar-refractivity contribution in [1.82, 2.24) is 10.2 Å². The zero-order valence-electron chi connectivity index (χ0n) is 15.4. The van der Waals surface area contributed by atoms with Gasteiger partial charge in [-0.15, -0.1) is 0 Å². The molecular weight excluding hydrogens is 320 g/mol. The number of nitrogens with one attached hydrogen (secondary N) is 1. The van der Waals surface area contributed by atoms with Crippen LogP contribution >= 0.6 is 0 Å². The Morgan fingerprint density at radius 1 is 0.962 bits per heavy atom. The van der Waals surface area contributed by atoms with E-state index < -0.39 is 0 Å². The fraction of sp³-hybridized carbons (Fsp3) is 0.435. The Morgan fingerprint density at radius 2 is 1.62 bits per heavy atom. The SMILES string of the molecule is O=C(NC1CCC12CCN(CCc1ccccc1)CC2)c1ccccc1. The van der Waals surface area contributed by atoms with Crippen molar-refractivity contribution in [2.75, 3.05) is 19.6 Å². The molecule has 1 aliphatic heterocycles. The first-order valence-electron chi connectivity index (χ1n) is 9.87. The second-order valence-corrected chi connectivity index (χ2v) is 7.87. The van der Waals surface area contributed by atoms with Crippen LogP contribution in [0, 0.1) is 5.41 Å². The van der Waals surface area contributed by atoms with Crippen LogP contribution in [0.5, 0.6) is 0 Å². The zero-order valence-corrected chi connectivity index (χ0v) is 15.4. The van der Waals surface area contributed by atoms with Gasteiger partial charge in [0, 0.05) is 18.2 Å². The molecule has 1 unspecified atom stereocenters. The Morgan fingerprint density at radius 3 is 2.23 bits per heavy atom. The standard InChI is InChI=1S/C23H28N2O/c26-22(20-9-5-2-6-10-20)24-21-11-13-23(21)14-17-25(18-15-23)16-12-19-7-3-1-4-8-19/h1-10,21H,11-18H2,(H,24,26). The Kier molecular flexibility index (Phi) is 5.07. The highest BCUT2D eigenvalue weighted by molar-refractivity contribution is 5.94. The minimum Gasteiger partial charge on any atom is -0.349 e. The van der Waals surface area contributed by atoms with Gasteiger partial charge in [-0.1, -0.05) is 48.5 Å². The van der Waals surface area contributed by atoms with Gasteiger partial charge >= 0.3 is 0 Å². The van der Waals surface area contributed by atoms with Crippen molar-refractivity contribution >= 4 is 5.91 Å². The number of amides is 1. The van der Waals surface area contributed by atoms with Gasteiger partial charge in [-0.3, -0.25) is 4.79 Å². The smallest absolute Gasteiger partial charge is 0.251 e. The highest BCUT2D eigenvalue weighted by Crippen LogP contribution is 2.49. The summed E-state index contributed by atoms with van der Waals surface area (Å²) in [6.45, 7) is 3.45. The van der Waals surface area contributed by atoms with Crippen molar-refractivity contribution in [3.05, 3.63) is 71.8 Å². The maximum absolute atomic E-state index is 12.5. The molecule has 4 rings (SSSR count). The topological polar surface area (TPSA) is 32.3 Å². The van der Waals surface area contributed by atoms with E-state index in [9.17, 15) is 4.79 Å². The molecule has 136 valence electrons. The van der Waals surface area contributed by atoms with Crippen LogP contribution in [0.25, 0.3) is 0 Å². The van der Waals surface area contributed by atoms with Gasteiger partial charge < -0.3 is 10.2 Å². The van der Waals surface area contributed by atoms with Crippen LogP contribution in [0.4, 0.5) is 0 Å². The molecule has 1 aliphatic carbocycles. The first kappa shape index (κ1) is 17.3. The van der Waals surface area contributed by atoms with Gasteiger partial charge in [0.05, 0.1) is 0 Å². The molecule has 2 aromatic rings. The van der Waals surface area contributed by atoms with Crippen LogP contribution in [0.1, 0.15) is 41.6 Å². The Balaban J connectivity index is 1.27. The van der Waals surface area contributed by atoms with Gasteiger partial charge in [0.25, 0.3) is 5.91 Å². The quantitative estimate of drug-likeness (QED) is 0.889. The lowest BCUT2D eigenvalue weighted by Crippen LogP contribution is -2.59. The van der Waals surface area contributed by atoms with E-state index in [0.717, 1.165) is 38.0 Å². The predicted octanol–water partition coefficient (Wildman–Crippen LogP) is 3.90. The lowest BCUT2D eigenvalue weighted by Gasteiger charge is -2.54. The fourth-order valence-corrected chi connectivity index (χ4v) is 4.51. The summed E-state index contributed by atoms with van der Waals surface area (Å²) in [5, 5.41) is 3.31. The lowest BCUT2D eigenvalue weighted by molar-refractivity contribution is -0.00472. The van der Waals surface area contributed by atoms with Gasteiger partial charge in [0.15, 0.2) is 0 Å². The monoisotopic (exact) mass is 348 g/mol. The molecule has 0 radical (unpaired) electrons. The number of nitrogens with zero attached hydrogens (tertiary/aromatic N) is 1. The molecule has 1 N–H and O–H groups in total. The second kappa shape index (κ2) is 7.63. The third kappa shape index (κ3) is 3.68. The average Bonchev–Trinajstić information content (AvgIpc) is 2.71. The van der Waals surface area contributed by atoms with Crippen molar-refractivity contribution in [1.29, 1.82) is 0 Å². The van der Waals surface area contributed by atoms with Gasteiger partial charge in [-0.25, -0.2) is 0 Å². The van der Waals surface area contributed by atoms with Crippen LogP contribution in [0.15, 0.2) is 60.7 Å². The first-order chi connectivity index (χ1) is 12.8. The van der Waals surface area contributed by atoms with Crippen molar-refractivity contribution in [3.8, 4) is 0 Å². The molecule has 1 spiro atoms. The number of hydrogen-bond donors (Lipinski definition) is 1. The molecule has 2 aliphatic rings. The summed E-state index contributed by atoms with van der Waals surface area (Å²) < 4.78 is 0. The molecule has 0 bridgehead atoms. The third-order valence-electron chi connectivity index (χ3n) is 6.42. The molecule has 2 fully saturated rings. The minimum atomic E-state index is 0.0844. The average molecular weight is 348 g/mol. The van der Waals surface area contributed by atoms with E-state index in [2.05, 4.69) is 40.5 Å². The summed E-state index contributed by atoms with van der Waals surface area (Å²) in [5.74, 6) is 0.0844. The number of likely N-dealkylation sites (tertiary alicyclic amines) is 1. The third-order valence-corrected chi connectivity index (χ3v) is 6.42. The van der Waals surface area contributed by atoms with Crippen molar-refractivity contribution in [3.63, 3.8) is 0 Å². The molecule has 3 nitrogen and oxygen atoms in total. The van der Waals surface area contributed by atoms with Gasteiger partial charge in [0.2, 0.25) is 0 Å². The second-order valence-electron chi connectivity index (χ2n) is 7.87. The first-order valence-corrected chi connectivity index (χ1v) is 9.87. The minimum absolute atomic E-state index is 0.0844. The highest BCUT2D eigenvalue weighted by atomic mass is 16.1. The van der Waals surface area contributed by atoms with E-state index in [1.54, 1.807) is 0 Å². The summed E-state index contributed by atoms with van der Waals surface area (Å²) in [7, 11) is 0. The molecule has 1 amide bonds. The highest BCUT2D eigenvalue weighted by Gasteiger charge is 2.48. The van der Waals surface area contributed by atoms with Gasteiger partial charge in [0.1, 0.15) is 0 Å². The maximum Gasteiger partial charge on any atom is 0.251 e. The summed E-state index contributed by atoms with van der Waals surface area (Å²) in [5.41, 5.74) is 2.53. The summed E-state index contributed by atoms with van der Waals surface area (Å²) >= 11 is 0. The van der Waals surface area contributed by atoms with E-state index >= 15 is 0 Å². The Hall–Kier alpha value is -2.13. The number of carbonyl (C=O) groups excluding carboxylic acids is 1. The van der Waals surface area contributed by atoms with E-state index in [4.69, 9.17) is 0 Å². The van der Waals surface area contributed by atoms with Crippen LogP contribution < -0.4 is 5.32 Å². The van der Waals surface area contributed by atoms with Crippen molar-refractivity contribution in [2.24, 2.45) is 5.41 Å². The van der Waals surface area contributed by atoms with Crippen LogP contribution in [-0.2, 0) is 6.42 Å². The van der Waals surface area contributed by atoms with Crippen molar-refractivity contribution < 1.29 is 4.79 Å². The summed E-state index contributed by atoms with van der Waals surface area (Å²) in [6, 6.07) is 20.7. The maximum atomic E-state index is 12.5. The normalized spacial score (nSPS) is 21.9. The van der Waals surface area contributed by atoms with E-state index in [-0.39, 0.29) is 5.91 Å². The lowest BCUT2D eigenvalue weighted by atomic mass is 9.59. The van der Waals surface area contributed by atoms with Crippen LogP contribution in [0.3, 0.4) is 0 Å². The molecule has 26 heavy (non-hydrogen) atoms. The number of rotatable bonds is 5. The predicted molar refractivity (Wildman–Crippen MR) is 105 cm³/mol. The number of piperidine rings is 1. The number of benzene rings is 2. The largest absolute Gasteiger partial charge is 0.349 e. The van der Waals surface area contributed by atoms with E-state index in [0.29, 0.717) is 11.5 Å². The van der Waals surface area contributed by atoms with Crippen LogP contribution in [0.2, 0.25) is 0 Å². The molecule has 3 heteroatoms. The molecule has 1 saturated heterocycles. The Bertz CT molecular complexity index is 720. The molecular formula is C23H28N2O. The summed E-state index contributed by atoms with van der Waals surface area (Å²) in [4.78, 5) is 15.1. The summed E-state index contributed by atoms with van der Waals surface area (Å²) in [6.07, 6.45) is 5.94. The molecule has 0 aromatic heterocycles. The zero-order chi connectivity index (χ0) is 17.8. The number of carbonyl (C=O) groups is 1. The Labute approximate surface area is 156 Å². The van der Waals surface area contributed by atoms with E-state index in [1.165, 1.54) is 24.8 Å². The van der Waals surface area contributed by atoms with Gasteiger partial charge in [-0.2, -0.15) is 0 Å². The fourth-order valence-electron chi connectivity index (χ4n) is 4.51. The molecule has 1 atom stereocenters. The molecule has 1 saturated carbocycles. The number of hydrogen-bond acceptors (Lipinski definition) is 2.